The normalized spacial score (nSPS) is 15.3. The Balaban J connectivity index is 1.69. The molecule has 1 saturated heterocycles. The Labute approximate surface area is 198 Å². The van der Waals surface area contributed by atoms with Crippen LogP contribution in [0.1, 0.15) is 57.8 Å². The monoisotopic (exact) mass is 492 g/mol. The van der Waals surface area contributed by atoms with Crippen molar-refractivity contribution in [2.75, 3.05) is 25.0 Å². The van der Waals surface area contributed by atoms with E-state index in [-0.39, 0.29) is 42.2 Å². The van der Waals surface area contributed by atoms with Gasteiger partial charge in [0.2, 0.25) is 15.9 Å². The van der Waals surface area contributed by atoms with Crippen LogP contribution in [0.3, 0.4) is 0 Å². The Kier molecular flexibility index (Phi) is 7.71. The number of aryl methyl sites for hydroxylation is 1. The van der Waals surface area contributed by atoms with E-state index in [4.69, 9.17) is 4.74 Å². The van der Waals surface area contributed by atoms with Gasteiger partial charge < -0.3 is 10.1 Å². The van der Waals surface area contributed by atoms with Gasteiger partial charge in [0.25, 0.3) is 0 Å². The molecule has 0 unspecified atom stereocenters. The molecule has 0 radical (unpaired) electrons. The number of piperidine rings is 1. The second-order valence-corrected chi connectivity index (χ2v) is 11.1. The van der Waals surface area contributed by atoms with E-state index >= 15 is 0 Å². The number of ether oxygens (including phenoxy) is 1. The van der Waals surface area contributed by atoms with E-state index in [1.165, 1.54) is 34.7 Å². The fraction of sp³-hybridized carbons (Fsp3) is 0.435. The van der Waals surface area contributed by atoms with Crippen molar-refractivity contribution in [1.29, 1.82) is 0 Å². The number of nitrogens with one attached hydrogen (secondary N) is 1. The van der Waals surface area contributed by atoms with Crippen molar-refractivity contribution in [2.45, 2.75) is 45.4 Å². The lowest BCUT2D eigenvalue weighted by atomic mass is 9.97. The maximum Gasteiger partial charge on any atom is 0.341 e. The molecule has 1 amide bonds. The van der Waals surface area contributed by atoms with Crippen LogP contribution >= 0.6 is 11.3 Å². The molecule has 0 atom stereocenters. The second-order valence-electron chi connectivity index (χ2n) is 7.96. The molecule has 178 valence electrons. The molecule has 3 rings (SSSR count). The number of ketones is 1. The number of amides is 1. The first-order valence-electron chi connectivity index (χ1n) is 10.7. The third-order valence-electron chi connectivity index (χ3n) is 5.80. The van der Waals surface area contributed by atoms with Crippen LogP contribution in [0.5, 0.6) is 0 Å². The highest BCUT2D eigenvalue weighted by atomic mass is 32.2. The molecule has 0 spiro atoms. The zero-order chi connectivity index (χ0) is 24.3. The standard InChI is InChI=1S/C23H28N2O6S2/c1-5-31-23(28)20-14(2)16(4)32-22(20)24-21(27)17-9-11-25(12-10-17)33(29,30)19-8-6-7-18(13-19)15(3)26/h6-8,13,17H,5,9-12H2,1-4H3,(H,24,27). The molecule has 0 aliphatic carbocycles. The van der Waals surface area contributed by atoms with Gasteiger partial charge >= 0.3 is 5.97 Å². The third-order valence-corrected chi connectivity index (χ3v) is 8.82. The van der Waals surface area contributed by atoms with Crippen molar-refractivity contribution in [2.24, 2.45) is 5.92 Å². The molecule has 33 heavy (non-hydrogen) atoms. The Bertz CT molecular complexity index is 1180. The summed E-state index contributed by atoms with van der Waals surface area (Å²) >= 11 is 1.33. The van der Waals surface area contributed by atoms with Crippen LogP contribution in [-0.2, 0) is 19.6 Å². The zero-order valence-electron chi connectivity index (χ0n) is 19.1. The largest absolute Gasteiger partial charge is 0.462 e. The minimum absolute atomic E-state index is 0.0710. The Hall–Kier alpha value is -2.56. The first kappa shape index (κ1) is 25.1. The number of nitrogens with zero attached hydrogens (tertiary/aromatic N) is 1. The summed E-state index contributed by atoms with van der Waals surface area (Å²) < 4.78 is 32.5. The number of Topliss-reactive ketones (excluding diaryl/α,β-unsaturated/α-hetero) is 1. The lowest BCUT2D eigenvalue weighted by Gasteiger charge is -2.30. The van der Waals surface area contributed by atoms with E-state index in [0.717, 1.165) is 10.4 Å². The molecule has 1 aliphatic rings. The first-order chi connectivity index (χ1) is 15.6. The van der Waals surface area contributed by atoms with E-state index in [0.29, 0.717) is 29.0 Å². The van der Waals surface area contributed by atoms with Gasteiger partial charge in [-0.1, -0.05) is 12.1 Å². The van der Waals surface area contributed by atoms with E-state index in [1.54, 1.807) is 19.1 Å². The third kappa shape index (κ3) is 5.34. The molecule has 1 N–H and O–H groups in total. The number of hydrogen-bond donors (Lipinski definition) is 1. The summed E-state index contributed by atoms with van der Waals surface area (Å²) in [4.78, 5) is 37.9. The second kappa shape index (κ2) is 10.1. The molecule has 1 fully saturated rings. The topological polar surface area (TPSA) is 110 Å². The zero-order valence-corrected chi connectivity index (χ0v) is 20.8. The van der Waals surface area contributed by atoms with E-state index < -0.39 is 16.0 Å². The summed E-state index contributed by atoms with van der Waals surface area (Å²) in [5.74, 6) is -1.29. The Morgan fingerprint density at radius 2 is 1.85 bits per heavy atom. The number of sulfonamides is 1. The van der Waals surface area contributed by atoms with Crippen molar-refractivity contribution in [3.05, 3.63) is 45.8 Å². The summed E-state index contributed by atoms with van der Waals surface area (Å²) in [5, 5.41) is 3.32. The van der Waals surface area contributed by atoms with Crippen LogP contribution in [0, 0.1) is 19.8 Å². The molecule has 1 aromatic carbocycles. The number of anilines is 1. The molecule has 1 aliphatic heterocycles. The highest BCUT2D eigenvalue weighted by Gasteiger charge is 2.33. The predicted octanol–water partition coefficient (Wildman–Crippen LogP) is 3.78. The maximum atomic E-state index is 13.0. The number of thiophene rings is 1. The van der Waals surface area contributed by atoms with Gasteiger partial charge in [0.1, 0.15) is 5.00 Å². The minimum atomic E-state index is -3.76. The van der Waals surface area contributed by atoms with Gasteiger partial charge in [0, 0.05) is 29.4 Å². The maximum absolute atomic E-state index is 13.0. The summed E-state index contributed by atoms with van der Waals surface area (Å²) in [5.41, 5.74) is 1.49. The number of hydrogen-bond acceptors (Lipinski definition) is 7. The Morgan fingerprint density at radius 1 is 1.18 bits per heavy atom. The number of carbonyl (C=O) groups is 3. The molecule has 1 aromatic heterocycles. The molecule has 0 bridgehead atoms. The Morgan fingerprint density at radius 3 is 2.45 bits per heavy atom. The van der Waals surface area contributed by atoms with Crippen molar-refractivity contribution in [3.8, 4) is 0 Å². The molecule has 10 heteroatoms. The molecular weight excluding hydrogens is 464 g/mol. The number of rotatable bonds is 7. The quantitative estimate of drug-likeness (QED) is 0.465. The molecule has 2 aromatic rings. The number of carbonyl (C=O) groups excluding carboxylic acids is 3. The lowest BCUT2D eigenvalue weighted by Crippen LogP contribution is -2.41. The van der Waals surface area contributed by atoms with Gasteiger partial charge in [-0.15, -0.1) is 11.3 Å². The number of esters is 1. The molecule has 8 nitrogen and oxygen atoms in total. The fourth-order valence-electron chi connectivity index (χ4n) is 3.76. The van der Waals surface area contributed by atoms with E-state index in [1.807, 2.05) is 13.8 Å². The van der Waals surface area contributed by atoms with Gasteiger partial charge in [0.05, 0.1) is 17.1 Å². The average Bonchev–Trinajstić information content (AvgIpc) is 3.06. The van der Waals surface area contributed by atoms with Crippen molar-refractivity contribution in [1.82, 2.24) is 4.31 Å². The molecule has 0 saturated carbocycles. The van der Waals surface area contributed by atoms with E-state index in [2.05, 4.69) is 5.32 Å². The van der Waals surface area contributed by atoms with Crippen LogP contribution in [0.4, 0.5) is 5.00 Å². The number of benzene rings is 1. The predicted molar refractivity (Wildman–Crippen MR) is 126 cm³/mol. The molecular formula is C23H28N2O6S2. The van der Waals surface area contributed by atoms with E-state index in [9.17, 15) is 22.8 Å². The van der Waals surface area contributed by atoms with Gasteiger partial charge in [-0.05, 0) is 58.2 Å². The summed E-state index contributed by atoms with van der Waals surface area (Å²) in [7, 11) is -3.76. The van der Waals surface area contributed by atoms with Gasteiger partial charge in [-0.3, -0.25) is 9.59 Å². The summed E-state index contributed by atoms with van der Waals surface area (Å²) in [6, 6.07) is 5.99. The smallest absolute Gasteiger partial charge is 0.341 e. The van der Waals surface area contributed by atoms with Gasteiger partial charge in [0.15, 0.2) is 5.78 Å². The van der Waals surface area contributed by atoms with Gasteiger partial charge in [-0.25, -0.2) is 13.2 Å². The van der Waals surface area contributed by atoms with Crippen LogP contribution in [0.2, 0.25) is 0 Å². The van der Waals surface area contributed by atoms with Gasteiger partial charge in [-0.2, -0.15) is 4.31 Å². The first-order valence-corrected chi connectivity index (χ1v) is 13.0. The highest BCUT2D eigenvalue weighted by Crippen LogP contribution is 2.34. The van der Waals surface area contributed by atoms with Crippen LogP contribution in [0.25, 0.3) is 0 Å². The highest BCUT2D eigenvalue weighted by molar-refractivity contribution is 7.89. The van der Waals surface area contributed by atoms with Crippen molar-refractivity contribution >= 4 is 44.0 Å². The van der Waals surface area contributed by atoms with Crippen molar-refractivity contribution < 1.29 is 27.5 Å². The van der Waals surface area contributed by atoms with Crippen molar-refractivity contribution in [3.63, 3.8) is 0 Å². The van der Waals surface area contributed by atoms with Crippen LogP contribution in [0.15, 0.2) is 29.2 Å². The minimum Gasteiger partial charge on any atom is -0.462 e. The SMILES string of the molecule is CCOC(=O)c1c(NC(=O)C2CCN(S(=O)(=O)c3cccc(C(C)=O)c3)CC2)sc(C)c1C. The fourth-order valence-corrected chi connectivity index (χ4v) is 6.33. The molecule has 2 heterocycles. The summed E-state index contributed by atoms with van der Waals surface area (Å²) in [6.45, 7) is 7.43. The lowest BCUT2D eigenvalue weighted by molar-refractivity contribution is -0.120. The van der Waals surface area contributed by atoms with Crippen LogP contribution in [-0.4, -0.2) is 50.1 Å². The van der Waals surface area contributed by atoms with Crippen LogP contribution < -0.4 is 5.32 Å². The summed E-state index contributed by atoms with van der Waals surface area (Å²) in [6.07, 6.45) is 0.713. The average molecular weight is 493 g/mol.